The van der Waals surface area contributed by atoms with Crippen molar-refractivity contribution in [1.82, 2.24) is 14.5 Å². The van der Waals surface area contributed by atoms with E-state index in [2.05, 4.69) is 39.6 Å². The minimum Gasteiger partial charge on any atom is -0.348 e. The predicted octanol–water partition coefficient (Wildman–Crippen LogP) is 2.54. The zero-order chi connectivity index (χ0) is 18.3. The van der Waals surface area contributed by atoms with Gasteiger partial charge in [0.2, 0.25) is 10.0 Å². The Labute approximate surface area is 156 Å². The van der Waals surface area contributed by atoms with Crippen molar-refractivity contribution in [3.05, 3.63) is 36.3 Å². The molecule has 0 aliphatic carbocycles. The van der Waals surface area contributed by atoms with Crippen molar-refractivity contribution in [2.75, 3.05) is 18.0 Å². The lowest BCUT2D eigenvalue weighted by molar-refractivity contribution is 0.395. The third-order valence-corrected chi connectivity index (χ3v) is 7.30. The van der Waals surface area contributed by atoms with Crippen LogP contribution in [0, 0.1) is 0 Å². The van der Waals surface area contributed by atoms with Crippen molar-refractivity contribution in [1.29, 1.82) is 0 Å². The molecule has 26 heavy (non-hydrogen) atoms. The summed E-state index contributed by atoms with van der Waals surface area (Å²) in [5, 5.41) is 5.91. The summed E-state index contributed by atoms with van der Waals surface area (Å²) in [6, 6.07) is 8.66. The van der Waals surface area contributed by atoms with E-state index in [4.69, 9.17) is 10.1 Å². The summed E-state index contributed by atoms with van der Waals surface area (Å²) in [4.78, 5) is 11.2. The van der Waals surface area contributed by atoms with Gasteiger partial charge in [-0.1, -0.05) is 30.4 Å². The number of piperidine rings is 1. The molecule has 1 fully saturated rings. The van der Waals surface area contributed by atoms with Crippen LogP contribution in [-0.4, -0.2) is 36.0 Å². The van der Waals surface area contributed by atoms with Crippen LogP contribution >= 0.6 is 11.3 Å². The number of para-hydroxylation sites is 2. The average Bonchev–Trinajstić information content (AvgIpc) is 3.26. The van der Waals surface area contributed by atoms with Crippen LogP contribution in [0.25, 0.3) is 11.0 Å². The molecule has 1 aliphatic rings. The molecule has 0 atom stereocenters. The molecule has 138 valence electrons. The molecule has 3 aromatic rings. The molecule has 9 heteroatoms. The van der Waals surface area contributed by atoms with Gasteiger partial charge in [-0.3, -0.25) is 0 Å². The Morgan fingerprint density at radius 3 is 2.65 bits per heavy atom. The summed E-state index contributed by atoms with van der Waals surface area (Å²) in [6.45, 7) is 3.80. The first-order valence-electron chi connectivity index (χ1n) is 8.67. The Bertz CT molecular complexity index is 1030. The molecule has 0 unspecified atom stereocenters. The Morgan fingerprint density at radius 1 is 1.27 bits per heavy atom. The lowest BCUT2D eigenvalue weighted by Crippen LogP contribution is -2.34. The molecule has 0 spiro atoms. The Kier molecular flexibility index (Phi) is 4.45. The number of benzene rings is 1. The number of hydrogen-bond donors (Lipinski definition) is 1. The molecule has 1 aromatic carbocycles. The molecule has 4 rings (SSSR count). The topological polar surface area (TPSA) is 94.1 Å². The molecule has 2 N–H and O–H groups in total. The second kappa shape index (κ2) is 6.64. The van der Waals surface area contributed by atoms with E-state index in [9.17, 15) is 8.42 Å². The summed E-state index contributed by atoms with van der Waals surface area (Å²) in [5.41, 5.74) is 2.23. The number of anilines is 1. The van der Waals surface area contributed by atoms with Gasteiger partial charge in [-0.05, 0) is 25.0 Å². The van der Waals surface area contributed by atoms with Crippen LogP contribution < -0.4 is 10.0 Å². The molecule has 1 aliphatic heterocycles. The molecule has 0 amide bonds. The standard InChI is InChI=1S/C17H21N5O2S2/c1-2-15-20-13-5-3-4-6-14(13)22(15)12-7-9-21(10-8-12)17-19-11-16(25-17)26(18,23)24/h3-6,11-12H,2,7-10H2,1H3,(H2,18,23,24). The van der Waals surface area contributed by atoms with Crippen LogP contribution in [0.5, 0.6) is 0 Å². The number of nitrogens with two attached hydrogens (primary N) is 1. The van der Waals surface area contributed by atoms with E-state index < -0.39 is 10.0 Å². The number of aromatic nitrogens is 3. The first-order valence-corrected chi connectivity index (χ1v) is 11.0. The largest absolute Gasteiger partial charge is 0.348 e. The molecule has 2 aromatic heterocycles. The highest BCUT2D eigenvalue weighted by atomic mass is 32.2. The van der Waals surface area contributed by atoms with Gasteiger partial charge in [-0.2, -0.15) is 0 Å². The lowest BCUT2D eigenvalue weighted by atomic mass is 10.0. The van der Waals surface area contributed by atoms with Gasteiger partial charge < -0.3 is 9.47 Å². The van der Waals surface area contributed by atoms with E-state index >= 15 is 0 Å². The number of fused-ring (bicyclic) bond motifs is 1. The van der Waals surface area contributed by atoms with E-state index in [0.717, 1.165) is 60.2 Å². The van der Waals surface area contributed by atoms with Gasteiger partial charge in [0.15, 0.2) is 9.34 Å². The van der Waals surface area contributed by atoms with E-state index in [1.54, 1.807) is 0 Å². The fraction of sp³-hybridized carbons (Fsp3) is 0.412. The number of aryl methyl sites for hydroxylation is 1. The quantitative estimate of drug-likeness (QED) is 0.737. The van der Waals surface area contributed by atoms with E-state index in [1.807, 2.05) is 6.07 Å². The number of sulfonamides is 1. The summed E-state index contributed by atoms with van der Waals surface area (Å²) in [5.74, 6) is 1.12. The summed E-state index contributed by atoms with van der Waals surface area (Å²) in [6.07, 6.45) is 4.19. The number of nitrogens with zero attached hydrogens (tertiary/aromatic N) is 4. The van der Waals surface area contributed by atoms with Crippen molar-refractivity contribution < 1.29 is 8.42 Å². The monoisotopic (exact) mass is 391 g/mol. The molecule has 1 saturated heterocycles. The maximum atomic E-state index is 11.5. The second-order valence-electron chi connectivity index (χ2n) is 6.47. The van der Waals surface area contributed by atoms with Crippen LogP contribution in [0.3, 0.4) is 0 Å². The summed E-state index contributed by atoms with van der Waals surface area (Å²) >= 11 is 1.14. The van der Waals surface area contributed by atoms with Crippen LogP contribution in [-0.2, 0) is 16.4 Å². The summed E-state index contributed by atoms with van der Waals surface area (Å²) in [7, 11) is -3.68. The first kappa shape index (κ1) is 17.4. The van der Waals surface area contributed by atoms with Crippen LogP contribution in [0.15, 0.2) is 34.7 Å². The smallest absolute Gasteiger partial charge is 0.249 e. The van der Waals surface area contributed by atoms with Gasteiger partial charge in [0, 0.05) is 25.6 Å². The fourth-order valence-corrected chi connectivity index (χ4v) is 5.19. The number of thiazole rings is 1. The number of hydrogen-bond acceptors (Lipinski definition) is 6. The average molecular weight is 392 g/mol. The van der Waals surface area contributed by atoms with Gasteiger partial charge in [0.1, 0.15) is 5.82 Å². The van der Waals surface area contributed by atoms with Crippen molar-refractivity contribution in [2.24, 2.45) is 5.14 Å². The SMILES string of the molecule is CCc1nc2ccccc2n1C1CCN(c2ncc(S(N)(=O)=O)s2)CC1. The third kappa shape index (κ3) is 3.10. The zero-order valence-electron chi connectivity index (χ0n) is 14.5. The molecule has 7 nitrogen and oxygen atoms in total. The van der Waals surface area contributed by atoms with Gasteiger partial charge in [-0.25, -0.2) is 23.5 Å². The third-order valence-electron chi connectivity index (χ3n) is 4.84. The van der Waals surface area contributed by atoms with E-state index in [0.29, 0.717) is 6.04 Å². The zero-order valence-corrected chi connectivity index (χ0v) is 16.1. The number of imidazole rings is 1. The highest BCUT2D eigenvalue weighted by Gasteiger charge is 2.26. The lowest BCUT2D eigenvalue weighted by Gasteiger charge is -2.33. The molecule has 0 radical (unpaired) electrons. The molecule has 3 heterocycles. The van der Waals surface area contributed by atoms with E-state index in [1.165, 1.54) is 11.7 Å². The number of primary sulfonamides is 1. The Balaban J connectivity index is 1.55. The minimum absolute atomic E-state index is 0.114. The Morgan fingerprint density at radius 2 is 2.00 bits per heavy atom. The second-order valence-corrected chi connectivity index (χ2v) is 9.26. The van der Waals surface area contributed by atoms with Crippen molar-refractivity contribution in [3.8, 4) is 0 Å². The highest BCUT2D eigenvalue weighted by molar-refractivity contribution is 7.91. The van der Waals surface area contributed by atoms with Gasteiger partial charge in [-0.15, -0.1) is 0 Å². The summed E-state index contributed by atoms with van der Waals surface area (Å²) < 4.78 is 25.4. The van der Waals surface area contributed by atoms with Gasteiger partial charge in [0.05, 0.1) is 17.2 Å². The van der Waals surface area contributed by atoms with Crippen LogP contribution in [0.2, 0.25) is 0 Å². The minimum atomic E-state index is -3.68. The molecular formula is C17H21N5O2S2. The van der Waals surface area contributed by atoms with Crippen LogP contribution in [0.4, 0.5) is 5.13 Å². The molecule has 0 bridgehead atoms. The first-order chi connectivity index (χ1) is 12.5. The maximum Gasteiger partial charge on any atom is 0.249 e. The van der Waals surface area contributed by atoms with Crippen molar-refractivity contribution >= 4 is 37.5 Å². The fourth-order valence-electron chi connectivity index (χ4n) is 3.59. The van der Waals surface area contributed by atoms with E-state index in [-0.39, 0.29) is 4.21 Å². The molecule has 0 saturated carbocycles. The Hall–Kier alpha value is -1.97. The van der Waals surface area contributed by atoms with Crippen molar-refractivity contribution in [2.45, 2.75) is 36.4 Å². The van der Waals surface area contributed by atoms with Crippen molar-refractivity contribution in [3.63, 3.8) is 0 Å². The predicted molar refractivity (Wildman–Crippen MR) is 103 cm³/mol. The number of rotatable bonds is 4. The van der Waals surface area contributed by atoms with Gasteiger partial charge >= 0.3 is 0 Å². The molecular weight excluding hydrogens is 370 g/mol. The maximum absolute atomic E-state index is 11.5. The van der Waals surface area contributed by atoms with Crippen LogP contribution in [0.1, 0.15) is 31.6 Å². The van der Waals surface area contributed by atoms with Gasteiger partial charge in [0.25, 0.3) is 0 Å². The normalized spacial score (nSPS) is 16.5. The highest BCUT2D eigenvalue weighted by Crippen LogP contribution is 2.33.